The van der Waals surface area contributed by atoms with E-state index in [-0.39, 0.29) is 17.7 Å². The van der Waals surface area contributed by atoms with Gasteiger partial charge in [0.25, 0.3) is 0 Å². The topological polar surface area (TPSA) is 49.3 Å². The number of hydroxylamine groups is 1. The van der Waals surface area contributed by atoms with Gasteiger partial charge in [0.05, 0.1) is 6.42 Å². The summed E-state index contributed by atoms with van der Waals surface area (Å²) in [7, 11) is 0. The first-order valence-electron chi connectivity index (χ1n) is 8.96. The van der Waals surface area contributed by atoms with Crippen molar-refractivity contribution in [2.24, 2.45) is 0 Å². The summed E-state index contributed by atoms with van der Waals surface area (Å²) in [6, 6.07) is 13.0. The highest BCUT2D eigenvalue weighted by Gasteiger charge is 2.25. The van der Waals surface area contributed by atoms with Gasteiger partial charge in [-0.05, 0) is 69.5 Å². The number of rotatable bonds is 3. The van der Waals surface area contributed by atoms with Gasteiger partial charge in [-0.2, -0.15) is 0 Å². The molecule has 0 saturated heterocycles. The summed E-state index contributed by atoms with van der Waals surface area (Å²) in [4.78, 5) is 11.7. The molecule has 0 fully saturated rings. The SMILES string of the molecule is CC1=C(CC(=O)NO)c2cc(F)ccc2/C1=C\c1ccc(C(C)(C)C)cc1. The maximum Gasteiger partial charge on any atom is 0.247 e. The van der Waals surface area contributed by atoms with E-state index in [1.807, 2.05) is 6.92 Å². The summed E-state index contributed by atoms with van der Waals surface area (Å²) in [6.45, 7) is 8.45. The second-order valence-corrected chi connectivity index (χ2v) is 7.94. The molecule has 0 atom stereocenters. The van der Waals surface area contributed by atoms with E-state index in [2.05, 4.69) is 51.1 Å². The van der Waals surface area contributed by atoms with Crippen LogP contribution in [0.4, 0.5) is 4.39 Å². The molecule has 0 radical (unpaired) electrons. The van der Waals surface area contributed by atoms with Gasteiger partial charge in [-0.3, -0.25) is 10.0 Å². The van der Waals surface area contributed by atoms with Crippen molar-refractivity contribution in [1.29, 1.82) is 0 Å². The Balaban J connectivity index is 2.06. The highest BCUT2D eigenvalue weighted by molar-refractivity contribution is 6.08. The predicted octanol–water partition coefficient (Wildman–Crippen LogP) is 5.35. The molecule has 2 aromatic rings. The molecule has 0 aliphatic heterocycles. The van der Waals surface area contributed by atoms with Gasteiger partial charge in [-0.15, -0.1) is 0 Å². The van der Waals surface area contributed by atoms with E-state index in [1.54, 1.807) is 11.5 Å². The Morgan fingerprint density at radius 2 is 1.78 bits per heavy atom. The Hall–Kier alpha value is -2.72. The molecule has 2 aromatic carbocycles. The molecule has 0 bridgehead atoms. The molecule has 4 heteroatoms. The molecule has 2 N–H and O–H groups in total. The minimum atomic E-state index is -0.518. The minimum absolute atomic E-state index is 0.000904. The van der Waals surface area contributed by atoms with Crippen LogP contribution in [0.15, 0.2) is 48.0 Å². The molecule has 1 amide bonds. The Kier molecular flexibility index (Phi) is 5.03. The molecule has 1 aliphatic rings. The minimum Gasteiger partial charge on any atom is -0.289 e. The van der Waals surface area contributed by atoms with E-state index < -0.39 is 5.91 Å². The van der Waals surface area contributed by atoms with Gasteiger partial charge in [0.2, 0.25) is 5.91 Å². The Labute approximate surface area is 159 Å². The number of benzene rings is 2. The maximum absolute atomic E-state index is 13.8. The zero-order chi connectivity index (χ0) is 19.8. The zero-order valence-electron chi connectivity index (χ0n) is 16.1. The molecular weight excluding hydrogens is 341 g/mol. The molecule has 140 valence electrons. The third kappa shape index (κ3) is 3.86. The van der Waals surface area contributed by atoms with Crippen LogP contribution < -0.4 is 5.48 Å². The number of halogens is 1. The summed E-state index contributed by atoms with van der Waals surface area (Å²) in [5, 5.41) is 8.87. The fraction of sp³-hybridized carbons (Fsp3) is 0.261. The number of hydrogen-bond donors (Lipinski definition) is 2. The van der Waals surface area contributed by atoms with Gasteiger partial charge in [-0.25, -0.2) is 9.87 Å². The maximum atomic E-state index is 13.8. The Morgan fingerprint density at radius 1 is 1.11 bits per heavy atom. The summed E-state index contributed by atoms with van der Waals surface area (Å²) >= 11 is 0. The number of allylic oxidation sites excluding steroid dienone is 2. The lowest BCUT2D eigenvalue weighted by Gasteiger charge is -2.18. The molecule has 0 unspecified atom stereocenters. The zero-order valence-corrected chi connectivity index (χ0v) is 16.1. The van der Waals surface area contributed by atoms with Crippen LogP contribution in [0, 0.1) is 5.82 Å². The van der Waals surface area contributed by atoms with Crippen LogP contribution in [-0.2, 0) is 10.2 Å². The van der Waals surface area contributed by atoms with E-state index in [1.165, 1.54) is 17.7 Å². The number of amides is 1. The van der Waals surface area contributed by atoms with Crippen molar-refractivity contribution < 1.29 is 14.4 Å². The number of carbonyl (C=O) groups excluding carboxylic acids is 1. The summed E-state index contributed by atoms with van der Waals surface area (Å²) < 4.78 is 13.8. The monoisotopic (exact) mass is 365 g/mol. The second kappa shape index (κ2) is 7.12. The summed E-state index contributed by atoms with van der Waals surface area (Å²) in [5.74, 6) is -0.866. The van der Waals surface area contributed by atoms with Crippen LogP contribution in [0.3, 0.4) is 0 Å². The third-order valence-electron chi connectivity index (χ3n) is 5.00. The lowest BCUT2D eigenvalue weighted by atomic mass is 9.86. The van der Waals surface area contributed by atoms with Gasteiger partial charge < -0.3 is 0 Å². The fourth-order valence-corrected chi connectivity index (χ4v) is 3.43. The molecule has 27 heavy (non-hydrogen) atoms. The van der Waals surface area contributed by atoms with Crippen LogP contribution in [0.5, 0.6) is 0 Å². The van der Waals surface area contributed by atoms with Crippen molar-refractivity contribution in [2.75, 3.05) is 0 Å². The smallest absolute Gasteiger partial charge is 0.247 e. The lowest BCUT2D eigenvalue weighted by Crippen LogP contribution is -2.18. The number of hydrogen-bond acceptors (Lipinski definition) is 2. The Morgan fingerprint density at radius 3 is 2.37 bits per heavy atom. The lowest BCUT2D eigenvalue weighted by molar-refractivity contribution is -0.128. The van der Waals surface area contributed by atoms with Crippen molar-refractivity contribution in [1.82, 2.24) is 5.48 Å². The first-order chi connectivity index (χ1) is 12.7. The average Bonchev–Trinajstić information content (AvgIpc) is 2.86. The van der Waals surface area contributed by atoms with Gasteiger partial charge in [0.1, 0.15) is 5.82 Å². The van der Waals surface area contributed by atoms with Gasteiger partial charge in [0.15, 0.2) is 0 Å². The van der Waals surface area contributed by atoms with Crippen LogP contribution in [0.2, 0.25) is 0 Å². The average molecular weight is 365 g/mol. The van der Waals surface area contributed by atoms with Crippen molar-refractivity contribution in [2.45, 2.75) is 39.5 Å². The summed E-state index contributed by atoms with van der Waals surface area (Å²) in [6.07, 6.45) is 2.06. The molecule has 1 aliphatic carbocycles. The van der Waals surface area contributed by atoms with E-state index in [4.69, 9.17) is 5.21 Å². The number of carbonyl (C=O) groups is 1. The van der Waals surface area contributed by atoms with Crippen LogP contribution in [0.25, 0.3) is 17.2 Å². The number of fused-ring (bicyclic) bond motifs is 1. The molecule has 3 nitrogen and oxygen atoms in total. The van der Waals surface area contributed by atoms with E-state index >= 15 is 0 Å². The molecule has 3 rings (SSSR count). The van der Waals surface area contributed by atoms with Crippen molar-refractivity contribution in [3.63, 3.8) is 0 Å². The molecular formula is C23H24FNO2. The first-order valence-corrected chi connectivity index (χ1v) is 8.96. The summed E-state index contributed by atoms with van der Waals surface area (Å²) in [5.41, 5.74) is 8.25. The van der Waals surface area contributed by atoms with Crippen LogP contribution in [0.1, 0.15) is 56.4 Å². The molecule has 0 saturated carbocycles. The first kappa shape index (κ1) is 19.1. The van der Waals surface area contributed by atoms with Crippen molar-refractivity contribution in [3.05, 3.63) is 76.1 Å². The van der Waals surface area contributed by atoms with E-state index in [0.717, 1.165) is 27.8 Å². The van der Waals surface area contributed by atoms with Gasteiger partial charge in [-0.1, -0.05) is 51.1 Å². The normalized spacial score (nSPS) is 15.3. The second-order valence-electron chi connectivity index (χ2n) is 7.94. The predicted molar refractivity (Wildman–Crippen MR) is 107 cm³/mol. The molecule has 0 aromatic heterocycles. The molecule has 0 heterocycles. The quantitative estimate of drug-likeness (QED) is 0.569. The van der Waals surface area contributed by atoms with Crippen LogP contribution in [-0.4, -0.2) is 11.1 Å². The van der Waals surface area contributed by atoms with Crippen molar-refractivity contribution in [3.8, 4) is 0 Å². The highest BCUT2D eigenvalue weighted by atomic mass is 19.1. The Bertz CT molecular complexity index is 947. The van der Waals surface area contributed by atoms with Crippen molar-refractivity contribution >= 4 is 23.1 Å². The largest absolute Gasteiger partial charge is 0.289 e. The third-order valence-corrected chi connectivity index (χ3v) is 5.00. The highest BCUT2D eigenvalue weighted by Crippen LogP contribution is 2.43. The van der Waals surface area contributed by atoms with Crippen LogP contribution >= 0.6 is 0 Å². The van der Waals surface area contributed by atoms with E-state index in [9.17, 15) is 9.18 Å². The number of nitrogens with one attached hydrogen (secondary N) is 1. The fourth-order valence-electron chi connectivity index (χ4n) is 3.43. The standard InChI is InChI=1S/C23H24FNO2/c1-14-19(11-15-5-7-16(8-6-15)23(2,3)4)18-10-9-17(24)12-21(18)20(14)13-22(26)25-27/h5-12,27H,13H2,1-4H3,(H,25,26)/b19-11-. The molecule has 0 spiro atoms. The van der Waals surface area contributed by atoms with Gasteiger partial charge >= 0.3 is 0 Å². The van der Waals surface area contributed by atoms with Gasteiger partial charge in [0, 0.05) is 0 Å². The van der Waals surface area contributed by atoms with E-state index in [0.29, 0.717) is 5.56 Å².